The second kappa shape index (κ2) is 5.52. The fourth-order valence-corrected chi connectivity index (χ4v) is 6.71. The lowest BCUT2D eigenvalue weighted by Gasteiger charge is -2.60. The summed E-state index contributed by atoms with van der Waals surface area (Å²) >= 11 is 0. The van der Waals surface area contributed by atoms with E-state index in [9.17, 15) is 14.4 Å². The van der Waals surface area contributed by atoms with Crippen LogP contribution in [0.4, 0.5) is 0 Å². The largest absolute Gasteiger partial charge is 0.454 e. The molecule has 25 heavy (non-hydrogen) atoms. The number of allylic oxidation sites excluding steroid dienone is 2. The number of ether oxygens (including phenoxy) is 1. The first-order valence-corrected chi connectivity index (χ1v) is 9.70. The van der Waals surface area contributed by atoms with Gasteiger partial charge in [0.1, 0.15) is 0 Å². The average Bonchev–Trinajstić information content (AvgIpc) is 2.86. The molecule has 136 valence electrons. The van der Waals surface area contributed by atoms with Crippen LogP contribution in [0.1, 0.15) is 59.3 Å². The number of esters is 1. The molecule has 0 aromatic rings. The van der Waals surface area contributed by atoms with Gasteiger partial charge in [-0.05, 0) is 61.3 Å². The van der Waals surface area contributed by atoms with E-state index in [1.54, 1.807) is 6.08 Å². The molecule has 0 bridgehead atoms. The van der Waals surface area contributed by atoms with Gasteiger partial charge in [0, 0.05) is 24.7 Å². The van der Waals surface area contributed by atoms with Gasteiger partial charge >= 0.3 is 5.97 Å². The van der Waals surface area contributed by atoms with E-state index in [0.717, 1.165) is 32.1 Å². The van der Waals surface area contributed by atoms with Crippen LogP contribution in [-0.2, 0) is 19.1 Å². The number of hydrogen-bond donors (Lipinski definition) is 0. The van der Waals surface area contributed by atoms with Gasteiger partial charge in [-0.3, -0.25) is 14.4 Å². The molecule has 4 heteroatoms. The summed E-state index contributed by atoms with van der Waals surface area (Å²) in [6.45, 7) is 5.84. The maximum absolute atomic E-state index is 12.4. The number of hydrogen-bond acceptors (Lipinski definition) is 4. The Morgan fingerprint density at radius 1 is 1.12 bits per heavy atom. The Labute approximate surface area is 149 Å². The van der Waals surface area contributed by atoms with Crippen molar-refractivity contribution in [2.24, 2.45) is 34.5 Å². The average molecular weight is 344 g/mol. The number of carbonyl (C=O) groups excluding carboxylic acids is 3. The van der Waals surface area contributed by atoms with Gasteiger partial charge in [0.2, 0.25) is 0 Å². The summed E-state index contributed by atoms with van der Waals surface area (Å²) in [4.78, 5) is 36.4. The van der Waals surface area contributed by atoms with Gasteiger partial charge in [0.05, 0.1) is 0 Å². The highest BCUT2D eigenvalue weighted by molar-refractivity contribution is 5.97. The van der Waals surface area contributed by atoms with Gasteiger partial charge in [0.15, 0.2) is 17.7 Å². The molecule has 0 aromatic carbocycles. The standard InChI is InChI=1S/C21H28O4/c1-12(22)25-19-16-5-4-13-14-6-7-18(24)21(14,3)10-8-15(13)20(16,2)11-9-17(19)23/h6-7,13-16,19H,4-5,8-11H2,1-3H3/t13-,14-,15-,16?,19?,20+,21-/m0/s1. The molecule has 0 aliphatic heterocycles. The Kier molecular flexibility index (Phi) is 3.75. The second-order valence-electron chi connectivity index (χ2n) is 9.16. The van der Waals surface area contributed by atoms with Crippen LogP contribution in [0.15, 0.2) is 12.2 Å². The Balaban J connectivity index is 1.65. The van der Waals surface area contributed by atoms with Gasteiger partial charge in [-0.15, -0.1) is 0 Å². The number of rotatable bonds is 1. The predicted molar refractivity (Wildman–Crippen MR) is 92.6 cm³/mol. The lowest BCUT2D eigenvalue weighted by atomic mass is 9.45. The first-order valence-electron chi connectivity index (χ1n) is 9.70. The molecule has 7 atom stereocenters. The van der Waals surface area contributed by atoms with Crippen molar-refractivity contribution in [2.45, 2.75) is 65.4 Å². The predicted octanol–water partition coefficient (Wildman–Crippen LogP) is 3.48. The van der Waals surface area contributed by atoms with Gasteiger partial charge in [-0.25, -0.2) is 0 Å². The SMILES string of the molecule is CC(=O)OC1C(=O)CC[C@@]2(C)C1CC[C@@H]1[C@@H]2CC[C@]2(C)C(=O)C=C[C@@H]12. The van der Waals surface area contributed by atoms with Crippen molar-refractivity contribution in [2.75, 3.05) is 0 Å². The first-order chi connectivity index (χ1) is 11.8. The van der Waals surface area contributed by atoms with Gasteiger partial charge in [-0.2, -0.15) is 0 Å². The number of Topliss-reactive ketones (excluding diaryl/α,β-unsaturated/α-hetero) is 1. The fourth-order valence-electron chi connectivity index (χ4n) is 6.71. The third-order valence-electron chi connectivity index (χ3n) is 8.10. The highest BCUT2D eigenvalue weighted by Crippen LogP contribution is 2.64. The van der Waals surface area contributed by atoms with Crippen LogP contribution in [0.5, 0.6) is 0 Å². The number of carbonyl (C=O) groups is 3. The van der Waals surface area contributed by atoms with E-state index in [4.69, 9.17) is 4.74 Å². The maximum atomic E-state index is 12.4. The smallest absolute Gasteiger partial charge is 0.303 e. The molecule has 4 aliphatic carbocycles. The molecule has 4 rings (SSSR count). The van der Waals surface area contributed by atoms with E-state index < -0.39 is 6.10 Å². The van der Waals surface area contributed by atoms with Crippen molar-refractivity contribution in [3.63, 3.8) is 0 Å². The van der Waals surface area contributed by atoms with Crippen molar-refractivity contribution in [3.05, 3.63) is 12.2 Å². The van der Waals surface area contributed by atoms with Crippen LogP contribution in [0.3, 0.4) is 0 Å². The van der Waals surface area contributed by atoms with Crippen LogP contribution >= 0.6 is 0 Å². The summed E-state index contributed by atoms with van der Waals surface area (Å²) in [6, 6.07) is 0. The topological polar surface area (TPSA) is 60.4 Å². The second-order valence-corrected chi connectivity index (χ2v) is 9.16. The van der Waals surface area contributed by atoms with Gasteiger partial charge < -0.3 is 4.74 Å². The fraction of sp³-hybridized carbons (Fsp3) is 0.762. The Hall–Kier alpha value is -1.45. The third kappa shape index (κ3) is 2.29. The van der Waals surface area contributed by atoms with Crippen molar-refractivity contribution < 1.29 is 19.1 Å². The number of ketones is 2. The summed E-state index contributed by atoms with van der Waals surface area (Å²) in [5, 5.41) is 0. The van der Waals surface area contributed by atoms with Crippen molar-refractivity contribution >= 4 is 17.5 Å². The molecular weight excluding hydrogens is 316 g/mol. The van der Waals surface area contributed by atoms with Gasteiger partial charge in [-0.1, -0.05) is 19.9 Å². The molecule has 3 saturated carbocycles. The molecule has 4 nitrogen and oxygen atoms in total. The normalized spacial score (nSPS) is 48.5. The van der Waals surface area contributed by atoms with Crippen LogP contribution in [0.25, 0.3) is 0 Å². The van der Waals surface area contributed by atoms with Crippen LogP contribution in [0, 0.1) is 34.5 Å². The van der Waals surface area contributed by atoms with E-state index in [2.05, 4.69) is 19.9 Å². The van der Waals surface area contributed by atoms with E-state index in [-0.39, 0.29) is 28.5 Å². The number of fused-ring (bicyclic) bond motifs is 5. The monoisotopic (exact) mass is 344 g/mol. The molecule has 0 radical (unpaired) electrons. The summed E-state index contributed by atoms with van der Waals surface area (Å²) < 4.78 is 5.48. The Bertz CT molecular complexity index is 665. The maximum Gasteiger partial charge on any atom is 0.303 e. The highest BCUT2D eigenvalue weighted by Gasteiger charge is 2.61. The van der Waals surface area contributed by atoms with E-state index in [0.29, 0.717) is 30.0 Å². The van der Waals surface area contributed by atoms with Crippen LogP contribution in [0.2, 0.25) is 0 Å². The molecule has 2 unspecified atom stereocenters. The van der Waals surface area contributed by atoms with E-state index in [1.807, 2.05) is 0 Å². The van der Waals surface area contributed by atoms with Gasteiger partial charge in [0.25, 0.3) is 0 Å². The zero-order valence-corrected chi connectivity index (χ0v) is 15.4. The lowest BCUT2D eigenvalue weighted by Crippen LogP contribution is -2.58. The zero-order valence-electron chi connectivity index (χ0n) is 15.4. The summed E-state index contributed by atoms with van der Waals surface area (Å²) in [5.41, 5.74) is -0.193. The van der Waals surface area contributed by atoms with E-state index in [1.165, 1.54) is 6.92 Å². The first kappa shape index (κ1) is 17.0. The van der Waals surface area contributed by atoms with Crippen molar-refractivity contribution in [1.29, 1.82) is 0 Å². The minimum absolute atomic E-state index is 0.0255. The summed E-state index contributed by atoms with van der Waals surface area (Å²) in [6.07, 6.45) is 8.68. The Morgan fingerprint density at radius 3 is 2.60 bits per heavy atom. The molecule has 0 amide bonds. The molecule has 0 spiro atoms. The van der Waals surface area contributed by atoms with Crippen LogP contribution < -0.4 is 0 Å². The van der Waals surface area contributed by atoms with E-state index >= 15 is 0 Å². The van der Waals surface area contributed by atoms with Crippen molar-refractivity contribution in [3.8, 4) is 0 Å². The molecule has 0 aromatic heterocycles. The third-order valence-corrected chi connectivity index (χ3v) is 8.10. The summed E-state index contributed by atoms with van der Waals surface area (Å²) in [5.74, 6) is 1.50. The minimum Gasteiger partial charge on any atom is -0.454 e. The molecule has 4 aliphatic rings. The molecule has 0 N–H and O–H groups in total. The lowest BCUT2D eigenvalue weighted by molar-refractivity contribution is -0.178. The molecule has 0 saturated heterocycles. The summed E-state index contributed by atoms with van der Waals surface area (Å²) in [7, 11) is 0. The highest BCUT2D eigenvalue weighted by atomic mass is 16.5. The molecular formula is C21H28O4. The zero-order chi connectivity index (χ0) is 18.0. The molecule has 0 heterocycles. The Morgan fingerprint density at radius 2 is 1.88 bits per heavy atom. The van der Waals surface area contributed by atoms with Crippen molar-refractivity contribution in [1.82, 2.24) is 0 Å². The minimum atomic E-state index is -0.564. The van der Waals surface area contributed by atoms with Crippen LogP contribution in [-0.4, -0.2) is 23.6 Å². The quantitative estimate of drug-likeness (QED) is 0.683. The molecule has 3 fully saturated rings.